The Balaban J connectivity index is 2.04. The molecule has 27 heavy (non-hydrogen) atoms. The predicted octanol–water partition coefficient (Wildman–Crippen LogP) is 2.82. The van der Waals surface area contributed by atoms with Crippen LogP contribution in [0.3, 0.4) is 0 Å². The molecule has 0 aromatic heterocycles. The van der Waals surface area contributed by atoms with E-state index in [2.05, 4.69) is 5.10 Å². The molecule has 1 aliphatic rings. The molecule has 0 fully saturated rings. The van der Waals surface area contributed by atoms with Gasteiger partial charge in [0.15, 0.2) is 0 Å². The molecule has 7 nitrogen and oxygen atoms in total. The zero-order chi connectivity index (χ0) is 19.6. The molecule has 0 aliphatic carbocycles. The van der Waals surface area contributed by atoms with Crippen molar-refractivity contribution in [2.45, 2.75) is 12.5 Å². The van der Waals surface area contributed by atoms with Gasteiger partial charge in [-0.15, -0.1) is 0 Å². The summed E-state index contributed by atoms with van der Waals surface area (Å²) in [6.45, 7) is 0. The van der Waals surface area contributed by atoms with E-state index in [1.807, 2.05) is 30.3 Å². The SMILES string of the molecule is COc1cccc(C2=NN(S(C)(=O)=O)C(c3ccc(OC)cc3OC)C2)c1. The Bertz CT molecular complexity index is 972. The molecule has 1 unspecified atom stereocenters. The topological polar surface area (TPSA) is 77.4 Å². The number of hydrogen-bond donors (Lipinski definition) is 0. The minimum Gasteiger partial charge on any atom is -0.497 e. The van der Waals surface area contributed by atoms with Crippen molar-refractivity contribution < 1.29 is 22.6 Å². The number of methoxy groups -OCH3 is 3. The van der Waals surface area contributed by atoms with E-state index < -0.39 is 16.1 Å². The van der Waals surface area contributed by atoms with Gasteiger partial charge in [0, 0.05) is 23.6 Å². The first kappa shape index (κ1) is 19.0. The average molecular weight is 390 g/mol. The lowest BCUT2D eigenvalue weighted by Gasteiger charge is -2.23. The molecule has 1 heterocycles. The van der Waals surface area contributed by atoms with E-state index in [1.54, 1.807) is 33.5 Å². The molecule has 1 atom stereocenters. The van der Waals surface area contributed by atoms with Crippen molar-refractivity contribution in [1.82, 2.24) is 4.41 Å². The zero-order valence-corrected chi connectivity index (χ0v) is 16.5. The van der Waals surface area contributed by atoms with Gasteiger partial charge in [-0.05, 0) is 24.3 Å². The first-order valence-corrected chi connectivity index (χ1v) is 10.2. The number of ether oxygens (including phenoxy) is 3. The highest BCUT2D eigenvalue weighted by Gasteiger charge is 2.36. The van der Waals surface area contributed by atoms with Gasteiger partial charge in [-0.3, -0.25) is 0 Å². The molecule has 2 aromatic carbocycles. The number of rotatable bonds is 6. The maximum Gasteiger partial charge on any atom is 0.247 e. The van der Waals surface area contributed by atoms with Crippen LogP contribution >= 0.6 is 0 Å². The van der Waals surface area contributed by atoms with Crippen LogP contribution in [0.15, 0.2) is 47.6 Å². The van der Waals surface area contributed by atoms with E-state index in [-0.39, 0.29) is 0 Å². The van der Waals surface area contributed by atoms with Gasteiger partial charge >= 0.3 is 0 Å². The second kappa shape index (κ2) is 7.48. The van der Waals surface area contributed by atoms with Gasteiger partial charge in [0.25, 0.3) is 0 Å². The Morgan fingerprint density at radius 3 is 2.33 bits per heavy atom. The van der Waals surface area contributed by atoms with Crippen molar-refractivity contribution in [3.63, 3.8) is 0 Å². The van der Waals surface area contributed by atoms with Gasteiger partial charge in [0.1, 0.15) is 17.2 Å². The summed E-state index contributed by atoms with van der Waals surface area (Å²) in [5, 5.41) is 4.40. The molecule has 0 amide bonds. The molecule has 0 bridgehead atoms. The van der Waals surface area contributed by atoms with Crippen LogP contribution in [0.25, 0.3) is 0 Å². The van der Waals surface area contributed by atoms with Crippen LogP contribution in [0.1, 0.15) is 23.6 Å². The molecule has 0 spiro atoms. The first-order chi connectivity index (χ1) is 12.9. The fraction of sp³-hybridized carbons (Fsp3) is 0.316. The zero-order valence-electron chi connectivity index (χ0n) is 15.7. The van der Waals surface area contributed by atoms with Crippen LogP contribution in [0.5, 0.6) is 17.2 Å². The maximum atomic E-state index is 12.4. The lowest BCUT2D eigenvalue weighted by Crippen LogP contribution is -2.26. The minimum atomic E-state index is -3.57. The van der Waals surface area contributed by atoms with Crippen LogP contribution in [0.4, 0.5) is 0 Å². The summed E-state index contributed by atoms with van der Waals surface area (Å²) in [7, 11) is 1.13. The van der Waals surface area contributed by atoms with E-state index in [4.69, 9.17) is 14.2 Å². The maximum absolute atomic E-state index is 12.4. The highest BCUT2D eigenvalue weighted by atomic mass is 32.2. The van der Waals surface area contributed by atoms with Crippen molar-refractivity contribution in [2.75, 3.05) is 27.6 Å². The number of hydrogen-bond acceptors (Lipinski definition) is 6. The Labute approximate surface area is 159 Å². The summed E-state index contributed by atoms with van der Waals surface area (Å²) in [5.74, 6) is 1.87. The molecular weight excluding hydrogens is 368 g/mol. The summed E-state index contributed by atoms with van der Waals surface area (Å²) < 4.78 is 41.8. The van der Waals surface area contributed by atoms with Crippen molar-refractivity contribution in [3.8, 4) is 17.2 Å². The Morgan fingerprint density at radius 1 is 1.00 bits per heavy atom. The van der Waals surface area contributed by atoms with Gasteiger partial charge in [0.05, 0.1) is 39.3 Å². The van der Waals surface area contributed by atoms with Crippen molar-refractivity contribution in [3.05, 3.63) is 53.6 Å². The highest BCUT2D eigenvalue weighted by Crippen LogP contribution is 2.40. The molecular formula is C19H22N2O5S. The van der Waals surface area contributed by atoms with Gasteiger partial charge in [-0.1, -0.05) is 12.1 Å². The molecule has 0 saturated heterocycles. The van der Waals surface area contributed by atoms with Crippen LogP contribution in [0, 0.1) is 0 Å². The Morgan fingerprint density at radius 2 is 1.70 bits per heavy atom. The van der Waals surface area contributed by atoms with Crippen molar-refractivity contribution in [2.24, 2.45) is 5.10 Å². The second-order valence-corrected chi connectivity index (χ2v) is 7.98. The van der Waals surface area contributed by atoms with Gasteiger partial charge < -0.3 is 14.2 Å². The lowest BCUT2D eigenvalue weighted by molar-refractivity contribution is 0.348. The second-order valence-electron chi connectivity index (χ2n) is 6.14. The summed E-state index contributed by atoms with van der Waals surface area (Å²) in [6, 6.07) is 12.2. The predicted molar refractivity (Wildman–Crippen MR) is 103 cm³/mol. The average Bonchev–Trinajstić information content (AvgIpc) is 3.13. The lowest BCUT2D eigenvalue weighted by atomic mass is 9.98. The Hall–Kier alpha value is -2.74. The molecule has 0 radical (unpaired) electrons. The molecule has 1 aliphatic heterocycles. The van der Waals surface area contributed by atoms with Crippen LogP contribution in [-0.4, -0.2) is 46.1 Å². The van der Waals surface area contributed by atoms with Crippen molar-refractivity contribution in [1.29, 1.82) is 0 Å². The Kier molecular flexibility index (Phi) is 5.27. The third-order valence-electron chi connectivity index (χ3n) is 4.41. The standard InChI is InChI=1S/C19H22N2O5S/c1-24-14-7-5-6-13(10-14)17-12-18(21(20-17)27(4,22)23)16-9-8-15(25-2)11-19(16)26-3/h5-11,18H,12H2,1-4H3. The quantitative estimate of drug-likeness (QED) is 0.758. The first-order valence-electron chi connectivity index (χ1n) is 8.30. The molecule has 0 saturated carbocycles. The van der Waals surface area contributed by atoms with E-state index in [0.717, 1.165) is 21.8 Å². The van der Waals surface area contributed by atoms with E-state index in [1.165, 1.54) is 0 Å². The molecule has 0 N–H and O–H groups in total. The van der Waals surface area contributed by atoms with E-state index >= 15 is 0 Å². The number of hydrazone groups is 1. The van der Waals surface area contributed by atoms with Crippen molar-refractivity contribution >= 4 is 15.7 Å². The summed E-state index contributed by atoms with van der Waals surface area (Å²) in [6.07, 6.45) is 1.57. The highest BCUT2D eigenvalue weighted by molar-refractivity contribution is 7.88. The number of nitrogens with zero attached hydrogens (tertiary/aromatic N) is 2. The normalized spacial score (nSPS) is 16.8. The molecule has 144 valence electrons. The minimum absolute atomic E-state index is 0.420. The molecule has 3 rings (SSSR count). The smallest absolute Gasteiger partial charge is 0.247 e. The van der Waals surface area contributed by atoms with E-state index in [9.17, 15) is 8.42 Å². The monoisotopic (exact) mass is 390 g/mol. The fourth-order valence-electron chi connectivity index (χ4n) is 3.10. The van der Waals surface area contributed by atoms with Crippen LogP contribution in [0.2, 0.25) is 0 Å². The summed E-state index contributed by atoms with van der Waals surface area (Å²) in [5.41, 5.74) is 2.21. The number of benzene rings is 2. The van der Waals surface area contributed by atoms with Gasteiger partial charge in [-0.2, -0.15) is 9.52 Å². The third kappa shape index (κ3) is 3.85. The molecule has 8 heteroatoms. The largest absolute Gasteiger partial charge is 0.497 e. The summed E-state index contributed by atoms with van der Waals surface area (Å²) >= 11 is 0. The number of sulfonamides is 1. The van der Waals surface area contributed by atoms with Crippen LogP contribution in [-0.2, 0) is 10.0 Å². The van der Waals surface area contributed by atoms with Gasteiger partial charge in [-0.25, -0.2) is 8.42 Å². The molecule has 2 aromatic rings. The van der Waals surface area contributed by atoms with Gasteiger partial charge in [0.2, 0.25) is 10.0 Å². The fourth-order valence-corrected chi connectivity index (χ4v) is 3.99. The summed E-state index contributed by atoms with van der Waals surface area (Å²) in [4.78, 5) is 0. The van der Waals surface area contributed by atoms with E-state index in [0.29, 0.717) is 29.4 Å². The third-order valence-corrected chi connectivity index (χ3v) is 5.43. The van der Waals surface area contributed by atoms with Crippen LogP contribution < -0.4 is 14.2 Å².